The summed E-state index contributed by atoms with van der Waals surface area (Å²) in [5, 5.41) is 0. The van der Waals surface area contributed by atoms with Gasteiger partial charge in [-0.15, -0.1) is 0 Å². The van der Waals surface area contributed by atoms with Crippen molar-refractivity contribution in [1.82, 2.24) is 0 Å². The molecule has 0 aromatic carbocycles. The van der Waals surface area contributed by atoms with Crippen LogP contribution in [0.15, 0.2) is 4.99 Å². The van der Waals surface area contributed by atoms with Crippen LogP contribution in [0.1, 0.15) is 41.0 Å². The van der Waals surface area contributed by atoms with E-state index in [0.717, 1.165) is 12.1 Å². The molecule has 0 aromatic heterocycles. The Bertz CT molecular complexity index is 194. The van der Waals surface area contributed by atoms with Crippen LogP contribution in [0.4, 0.5) is 0 Å². The molecule has 0 aromatic rings. The van der Waals surface area contributed by atoms with E-state index in [1.54, 1.807) is 0 Å². The van der Waals surface area contributed by atoms with Crippen LogP contribution in [0.2, 0.25) is 0 Å². The lowest BCUT2D eigenvalue weighted by Gasteiger charge is -2.20. The molecule has 2 heteroatoms. The molecule has 1 aliphatic heterocycles. The summed E-state index contributed by atoms with van der Waals surface area (Å²) in [7, 11) is 0. The molecule has 1 atom stereocenters. The van der Waals surface area contributed by atoms with E-state index in [2.05, 4.69) is 32.7 Å². The second kappa shape index (κ2) is 3.17. The second-order valence-electron chi connectivity index (χ2n) is 4.43. The third kappa shape index (κ3) is 2.07. The van der Waals surface area contributed by atoms with Crippen LogP contribution in [0, 0.1) is 5.92 Å². The van der Waals surface area contributed by atoms with Crippen molar-refractivity contribution in [3.05, 3.63) is 0 Å². The first-order chi connectivity index (χ1) is 5.42. The molecule has 2 nitrogen and oxygen atoms in total. The maximum absolute atomic E-state index is 5.77. The highest BCUT2D eigenvalue weighted by Gasteiger charge is 2.32. The molecule has 0 saturated carbocycles. The van der Waals surface area contributed by atoms with Crippen LogP contribution >= 0.6 is 0 Å². The Hall–Kier alpha value is -0.370. The largest absolute Gasteiger partial charge is 0.345 e. The highest BCUT2D eigenvalue weighted by molar-refractivity contribution is 5.90. The Morgan fingerprint density at radius 2 is 2.08 bits per heavy atom. The smallest absolute Gasteiger partial charge is 0.149 e. The number of aliphatic imine (C=N–C) groups is 1. The lowest BCUT2D eigenvalue weighted by atomic mass is 10.1. The van der Waals surface area contributed by atoms with E-state index < -0.39 is 0 Å². The highest BCUT2D eigenvalue weighted by Crippen LogP contribution is 2.26. The minimum Gasteiger partial charge on any atom is -0.345 e. The van der Waals surface area contributed by atoms with E-state index in [-0.39, 0.29) is 11.8 Å². The summed E-state index contributed by atoms with van der Waals surface area (Å²) >= 11 is 0. The van der Waals surface area contributed by atoms with Gasteiger partial charge >= 0.3 is 0 Å². The predicted molar refractivity (Wildman–Crippen MR) is 51.5 cm³/mol. The van der Waals surface area contributed by atoms with Crippen molar-refractivity contribution < 1.29 is 4.74 Å². The van der Waals surface area contributed by atoms with E-state index >= 15 is 0 Å². The van der Waals surface area contributed by atoms with Gasteiger partial charge in [0.15, 0.2) is 0 Å². The summed E-state index contributed by atoms with van der Waals surface area (Å²) in [5.41, 5.74) is 0.979. The van der Waals surface area contributed by atoms with Crippen LogP contribution in [-0.4, -0.2) is 17.5 Å². The molecule has 1 rings (SSSR count). The fraction of sp³-hybridized carbons (Fsp3) is 0.900. The highest BCUT2D eigenvalue weighted by atomic mass is 16.5. The van der Waals surface area contributed by atoms with Crippen LogP contribution in [0.3, 0.4) is 0 Å². The fourth-order valence-corrected chi connectivity index (χ4v) is 1.33. The van der Waals surface area contributed by atoms with Gasteiger partial charge < -0.3 is 4.74 Å². The Morgan fingerprint density at radius 1 is 1.50 bits per heavy atom. The molecule has 0 aliphatic carbocycles. The average molecular weight is 169 g/mol. The molecule has 70 valence electrons. The zero-order chi connectivity index (χ0) is 9.35. The van der Waals surface area contributed by atoms with Crippen molar-refractivity contribution in [3.8, 4) is 0 Å². The SMILES string of the molecule is CC1=NC(CC(C)C)OC1(C)C. The zero-order valence-corrected chi connectivity index (χ0v) is 8.72. The summed E-state index contributed by atoms with van der Waals surface area (Å²) < 4.78 is 5.77. The van der Waals surface area contributed by atoms with Gasteiger partial charge in [0.2, 0.25) is 0 Å². The van der Waals surface area contributed by atoms with Gasteiger partial charge in [-0.25, -0.2) is 0 Å². The Balaban J connectivity index is 2.55. The second-order valence-corrected chi connectivity index (χ2v) is 4.43. The molecule has 0 bridgehead atoms. The first-order valence-corrected chi connectivity index (χ1v) is 4.64. The number of ether oxygens (including phenoxy) is 1. The van der Waals surface area contributed by atoms with E-state index in [0.29, 0.717) is 5.92 Å². The summed E-state index contributed by atoms with van der Waals surface area (Å²) in [6, 6.07) is 0. The molecular formula is C10H19NO. The average Bonchev–Trinajstić information content (AvgIpc) is 2.04. The first-order valence-electron chi connectivity index (χ1n) is 4.64. The lowest BCUT2D eigenvalue weighted by molar-refractivity contribution is -0.0116. The number of hydrogen-bond acceptors (Lipinski definition) is 2. The van der Waals surface area contributed by atoms with E-state index in [1.807, 2.05) is 6.92 Å². The summed E-state index contributed by atoms with van der Waals surface area (Å²) in [4.78, 5) is 4.48. The van der Waals surface area contributed by atoms with E-state index in [9.17, 15) is 0 Å². The van der Waals surface area contributed by atoms with E-state index in [1.165, 1.54) is 0 Å². The molecular weight excluding hydrogens is 150 g/mol. The number of nitrogens with zero attached hydrogens (tertiary/aromatic N) is 1. The molecule has 0 radical (unpaired) electrons. The van der Waals surface area contributed by atoms with Crippen LogP contribution in [0.5, 0.6) is 0 Å². The zero-order valence-electron chi connectivity index (χ0n) is 8.72. The Morgan fingerprint density at radius 3 is 2.42 bits per heavy atom. The van der Waals surface area contributed by atoms with Crippen molar-refractivity contribution in [2.75, 3.05) is 0 Å². The molecule has 1 heterocycles. The fourth-order valence-electron chi connectivity index (χ4n) is 1.33. The minimum absolute atomic E-state index is 0.0972. The quantitative estimate of drug-likeness (QED) is 0.622. The van der Waals surface area contributed by atoms with Gasteiger partial charge in [0.05, 0.1) is 0 Å². The third-order valence-electron chi connectivity index (χ3n) is 2.31. The van der Waals surface area contributed by atoms with Crippen LogP contribution in [0.25, 0.3) is 0 Å². The van der Waals surface area contributed by atoms with E-state index in [4.69, 9.17) is 4.74 Å². The molecule has 0 amide bonds. The molecule has 0 spiro atoms. The van der Waals surface area contributed by atoms with Crippen molar-refractivity contribution in [2.24, 2.45) is 10.9 Å². The molecule has 0 N–H and O–H groups in total. The van der Waals surface area contributed by atoms with Gasteiger partial charge in [0, 0.05) is 5.71 Å². The third-order valence-corrected chi connectivity index (χ3v) is 2.31. The van der Waals surface area contributed by atoms with Gasteiger partial charge in [0.25, 0.3) is 0 Å². The van der Waals surface area contributed by atoms with Gasteiger partial charge in [0.1, 0.15) is 11.8 Å². The minimum atomic E-state index is -0.139. The Kier molecular flexibility index (Phi) is 2.57. The summed E-state index contributed by atoms with van der Waals surface area (Å²) in [6.07, 6.45) is 1.13. The van der Waals surface area contributed by atoms with Gasteiger partial charge in [-0.1, -0.05) is 13.8 Å². The first kappa shape index (κ1) is 9.72. The summed E-state index contributed by atoms with van der Waals surface area (Å²) in [5.74, 6) is 0.653. The predicted octanol–water partition coefficient (Wildman–Crippen LogP) is 2.63. The Labute approximate surface area is 75.0 Å². The van der Waals surface area contributed by atoms with Crippen LogP contribution < -0.4 is 0 Å². The topological polar surface area (TPSA) is 21.6 Å². The molecule has 12 heavy (non-hydrogen) atoms. The van der Waals surface area contributed by atoms with Crippen LogP contribution in [-0.2, 0) is 4.74 Å². The van der Waals surface area contributed by atoms with Gasteiger partial charge in [-0.2, -0.15) is 0 Å². The standard InChI is InChI=1S/C10H19NO/c1-7(2)6-9-11-8(3)10(4,5)12-9/h7,9H,6H2,1-5H3. The molecule has 1 aliphatic rings. The summed E-state index contributed by atoms with van der Waals surface area (Å²) in [6.45, 7) is 10.6. The van der Waals surface area contributed by atoms with Gasteiger partial charge in [-0.05, 0) is 33.1 Å². The number of hydrogen-bond donors (Lipinski definition) is 0. The van der Waals surface area contributed by atoms with Crippen molar-refractivity contribution in [3.63, 3.8) is 0 Å². The molecule has 0 fully saturated rings. The van der Waals surface area contributed by atoms with Gasteiger partial charge in [-0.3, -0.25) is 4.99 Å². The lowest BCUT2D eigenvalue weighted by Crippen LogP contribution is -2.29. The normalized spacial score (nSPS) is 27.8. The van der Waals surface area contributed by atoms with Crippen molar-refractivity contribution >= 4 is 5.71 Å². The van der Waals surface area contributed by atoms with Crippen molar-refractivity contribution in [1.29, 1.82) is 0 Å². The number of rotatable bonds is 2. The maximum atomic E-state index is 5.77. The van der Waals surface area contributed by atoms with Crippen molar-refractivity contribution in [2.45, 2.75) is 52.9 Å². The molecule has 0 saturated heterocycles. The maximum Gasteiger partial charge on any atom is 0.149 e. The molecule has 1 unspecified atom stereocenters. The monoisotopic (exact) mass is 169 g/mol.